The molecule has 1 aromatic rings. The fourth-order valence-electron chi connectivity index (χ4n) is 3.67. The molecule has 0 radical (unpaired) electrons. The summed E-state index contributed by atoms with van der Waals surface area (Å²) in [7, 11) is 0. The van der Waals surface area contributed by atoms with Crippen molar-refractivity contribution in [3.63, 3.8) is 0 Å². The van der Waals surface area contributed by atoms with Crippen LogP contribution in [0.1, 0.15) is 61.4 Å². The Labute approximate surface area is 131 Å². The number of hydrogen-bond donors (Lipinski definition) is 1. The molecule has 1 saturated carbocycles. The van der Waals surface area contributed by atoms with Gasteiger partial charge in [-0.3, -0.25) is 10.1 Å². The van der Waals surface area contributed by atoms with Crippen LogP contribution in [0.3, 0.4) is 0 Å². The van der Waals surface area contributed by atoms with E-state index in [2.05, 4.69) is 36.2 Å². The van der Waals surface area contributed by atoms with E-state index in [1.165, 1.54) is 41.9 Å². The molecule has 21 heavy (non-hydrogen) atoms. The first-order valence-corrected chi connectivity index (χ1v) is 9.13. The van der Waals surface area contributed by atoms with Gasteiger partial charge < -0.3 is 4.90 Å². The zero-order chi connectivity index (χ0) is 14.8. The van der Waals surface area contributed by atoms with Crippen LogP contribution in [0.5, 0.6) is 0 Å². The summed E-state index contributed by atoms with van der Waals surface area (Å²) in [5.41, 5.74) is 0. The van der Waals surface area contributed by atoms with Crippen LogP contribution in [-0.2, 0) is 4.79 Å². The number of hydrogen-bond acceptors (Lipinski definition) is 3. The van der Waals surface area contributed by atoms with Gasteiger partial charge in [0.2, 0.25) is 5.91 Å². The van der Waals surface area contributed by atoms with Crippen molar-refractivity contribution in [1.82, 2.24) is 10.2 Å². The van der Waals surface area contributed by atoms with Gasteiger partial charge in [-0.05, 0) is 37.8 Å². The van der Waals surface area contributed by atoms with E-state index in [1.54, 1.807) is 11.3 Å². The molecule has 2 heterocycles. The fourth-order valence-corrected chi connectivity index (χ4v) is 4.62. The molecule has 116 valence electrons. The van der Waals surface area contributed by atoms with Gasteiger partial charge in [-0.25, -0.2) is 0 Å². The van der Waals surface area contributed by atoms with Gasteiger partial charge in [0.15, 0.2) is 0 Å². The summed E-state index contributed by atoms with van der Waals surface area (Å²) in [4.78, 5) is 17.3. The molecule has 1 saturated heterocycles. The van der Waals surface area contributed by atoms with Crippen molar-refractivity contribution in [2.45, 2.75) is 64.6 Å². The molecule has 2 aliphatic rings. The SMILES string of the molecule is CCC1NC(c2ccc(C)s2)N(CCC2CCCC2)C1=O. The van der Waals surface area contributed by atoms with Gasteiger partial charge in [0.25, 0.3) is 0 Å². The molecule has 0 bridgehead atoms. The number of nitrogens with one attached hydrogen (secondary N) is 1. The molecular weight excluding hydrogens is 280 g/mol. The van der Waals surface area contributed by atoms with E-state index in [4.69, 9.17) is 0 Å². The highest BCUT2D eigenvalue weighted by Gasteiger charge is 2.39. The summed E-state index contributed by atoms with van der Waals surface area (Å²) in [5, 5.41) is 3.53. The predicted molar refractivity (Wildman–Crippen MR) is 87.3 cm³/mol. The van der Waals surface area contributed by atoms with Gasteiger partial charge in [0, 0.05) is 16.3 Å². The molecule has 2 unspecified atom stereocenters. The zero-order valence-corrected chi connectivity index (χ0v) is 13.9. The highest BCUT2D eigenvalue weighted by atomic mass is 32.1. The van der Waals surface area contributed by atoms with E-state index in [-0.39, 0.29) is 12.2 Å². The summed E-state index contributed by atoms with van der Waals surface area (Å²) in [6, 6.07) is 4.33. The van der Waals surface area contributed by atoms with Crippen LogP contribution < -0.4 is 5.32 Å². The van der Waals surface area contributed by atoms with Crippen LogP contribution in [0, 0.1) is 12.8 Å². The average molecular weight is 306 g/mol. The second-order valence-electron chi connectivity index (χ2n) is 6.45. The third kappa shape index (κ3) is 3.16. The van der Waals surface area contributed by atoms with Crippen molar-refractivity contribution in [2.75, 3.05) is 6.54 Å². The minimum Gasteiger partial charge on any atom is -0.321 e. The van der Waals surface area contributed by atoms with Crippen molar-refractivity contribution in [2.24, 2.45) is 5.92 Å². The van der Waals surface area contributed by atoms with Gasteiger partial charge in [-0.15, -0.1) is 11.3 Å². The number of aryl methyl sites for hydroxylation is 1. The molecule has 1 N–H and O–H groups in total. The number of nitrogens with zero attached hydrogens (tertiary/aromatic N) is 1. The van der Waals surface area contributed by atoms with Crippen LogP contribution in [0.25, 0.3) is 0 Å². The Morgan fingerprint density at radius 3 is 2.71 bits per heavy atom. The smallest absolute Gasteiger partial charge is 0.241 e. The van der Waals surface area contributed by atoms with Gasteiger partial charge in [0.05, 0.1) is 6.04 Å². The minimum atomic E-state index is 0.000911. The molecule has 1 aliphatic heterocycles. The van der Waals surface area contributed by atoms with Crippen LogP contribution in [0.15, 0.2) is 12.1 Å². The van der Waals surface area contributed by atoms with Crippen molar-refractivity contribution in [3.05, 3.63) is 21.9 Å². The minimum absolute atomic E-state index is 0.000911. The van der Waals surface area contributed by atoms with Gasteiger partial charge >= 0.3 is 0 Å². The van der Waals surface area contributed by atoms with Crippen molar-refractivity contribution < 1.29 is 4.79 Å². The summed E-state index contributed by atoms with van der Waals surface area (Å²) >= 11 is 1.81. The van der Waals surface area contributed by atoms with E-state index in [0.29, 0.717) is 5.91 Å². The lowest BCUT2D eigenvalue weighted by atomic mass is 10.0. The first-order valence-electron chi connectivity index (χ1n) is 8.32. The molecule has 1 aliphatic carbocycles. The third-order valence-corrected chi connectivity index (χ3v) is 6.00. The Hall–Kier alpha value is -0.870. The van der Waals surface area contributed by atoms with Gasteiger partial charge in [0.1, 0.15) is 6.17 Å². The molecule has 4 heteroatoms. The lowest BCUT2D eigenvalue weighted by Gasteiger charge is -2.24. The van der Waals surface area contributed by atoms with E-state index in [0.717, 1.165) is 18.9 Å². The molecule has 3 nitrogen and oxygen atoms in total. The van der Waals surface area contributed by atoms with Crippen molar-refractivity contribution >= 4 is 17.2 Å². The van der Waals surface area contributed by atoms with Crippen LogP contribution >= 0.6 is 11.3 Å². The Balaban J connectivity index is 1.71. The molecule has 0 spiro atoms. The molecular formula is C17H26N2OS. The number of thiophene rings is 1. The predicted octanol–water partition coefficient (Wildman–Crippen LogP) is 3.85. The van der Waals surface area contributed by atoms with Gasteiger partial charge in [-0.1, -0.05) is 32.6 Å². The number of rotatable bonds is 5. The second kappa shape index (κ2) is 6.49. The van der Waals surface area contributed by atoms with E-state index >= 15 is 0 Å². The number of carbonyl (C=O) groups is 1. The monoisotopic (exact) mass is 306 g/mol. The molecule has 2 fully saturated rings. The van der Waals surface area contributed by atoms with Crippen molar-refractivity contribution in [1.29, 1.82) is 0 Å². The Kier molecular flexibility index (Phi) is 4.65. The van der Waals surface area contributed by atoms with E-state index in [1.807, 2.05) is 0 Å². The van der Waals surface area contributed by atoms with Crippen molar-refractivity contribution in [3.8, 4) is 0 Å². The number of amides is 1. The van der Waals surface area contributed by atoms with Crippen LogP contribution in [-0.4, -0.2) is 23.4 Å². The largest absolute Gasteiger partial charge is 0.321 e. The summed E-state index contributed by atoms with van der Waals surface area (Å²) in [6.07, 6.45) is 7.61. The quantitative estimate of drug-likeness (QED) is 0.896. The lowest BCUT2D eigenvalue weighted by molar-refractivity contribution is -0.130. The average Bonchev–Trinajstić information content (AvgIpc) is 3.17. The maximum Gasteiger partial charge on any atom is 0.241 e. The van der Waals surface area contributed by atoms with E-state index < -0.39 is 0 Å². The maximum absolute atomic E-state index is 12.6. The Morgan fingerprint density at radius 1 is 1.33 bits per heavy atom. The lowest BCUT2D eigenvalue weighted by Crippen LogP contribution is -2.32. The second-order valence-corrected chi connectivity index (χ2v) is 7.77. The summed E-state index contributed by atoms with van der Waals surface area (Å²) in [6.45, 7) is 5.13. The number of carbonyl (C=O) groups excluding carboxylic acids is 1. The Morgan fingerprint density at radius 2 is 2.10 bits per heavy atom. The van der Waals surface area contributed by atoms with Crippen LogP contribution in [0.2, 0.25) is 0 Å². The normalized spacial score (nSPS) is 27.0. The highest BCUT2D eigenvalue weighted by molar-refractivity contribution is 7.12. The summed E-state index contributed by atoms with van der Waals surface area (Å²) in [5.74, 6) is 1.13. The molecule has 1 aromatic heterocycles. The zero-order valence-electron chi connectivity index (χ0n) is 13.1. The highest BCUT2D eigenvalue weighted by Crippen LogP contribution is 2.33. The molecule has 0 aromatic carbocycles. The third-order valence-electron chi connectivity index (χ3n) is 4.94. The van der Waals surface area contributed by atoms with Gasteiger partial charge in [-0.2, -0.15) is 0 Å². The molecule has 2 atom stereocenters. The summed E-state index contributed by atoms with van der Waals surface area (Å²) < 4.78 is 0. The first kappa shape index (κ1) is 15.0. The molecule has 3 rings (SSSR count). The molecule has 1 amide bonds. The van der Waals surface area contributed by atoms with E-state index in [9.17, 15) is 4.79 Å². The maximum atomic E-state index is 12.6. The first-order chi connectivity index (χ1) is 10.2. The topological polar surface area (TPSA) is 32.3 Å². The van der Waals surface area contributed by atoms with Crippen LogP contribution in [0.4, 0.5) is 0 Å². The standard InChI is InChI=1S/C17H26N2OS/c1-3-14-17(20)19(11-10-13-6-4-5-7-13)16(18-14)15-9-8-12(2)21-15/h8-9,13-14,16,18H,3-7,10-11H2,1-2H3. The fraction of sp³-hybridized carbons (Fsp3) is 0.706. The Bertz CT molecular complexity index is 493.